The first-order valence-electron chi connectivity index (χ1n) is 9.01. The van der Waals surface area contributed by atoms with Crippen LogP contribution in [0.4, 0.5) is 11.4 Å². The lowest BCUT2D eigenvalue weighted by atomic mass is 10.2. The lowest BCUT2D eigenvalue weighted by Gasteiger charge is -2.31. The summed E-state index contributed by atoms with van der Waals surface area (Å²) in [6.07, 6.45) is 0. The average Bonchev–Trinajstić information content (AvgIpc) is 3.19. The van der Waals surface area contributed by atoms with Crippen LogP contribution in [-0.2, 0) is 4.74 Å². The maximum absolute atomic E-state index is 12.8. The Hall–Kier alpha value is -2.18. The number of anilines is 2. The maximum Gasteiger partial charge on any atom is 0.291 e. The molecule has 0 aliphatic carbocycles. The lowest BCUT2D eigenvalue weighted by molar-refractivity contribution is 0.0997. The standard InChI is InChI=1S/C21H17Cl3N2O3/c22-13-4-5-14(16(24)12-13)18-6-7-19(29-18)21(27)25-17-3-1-2-15(23)20(17)26-8-10-28-11-9-26/h1-7,12H,8-11H2,(H,25,27). The van der Waals surface area contributed by atoms with Crippen molar-refractivity contribution in [2.75, 3.05) is 36.5 Å². The van der Waals surface area contributed by atoms with Gasteiger partial charge in [-0.3, -0.25) is 4.79 Å². The number of benzene rings is 2. The third kappa shape index (κ3) is 4.38. The van der Waals surface area contributed by atoms with Crippen LogP contribution in [0.15, 0.2) is 52.9 Å². The van der Waals surface area contributed by atoms with Crippen molar-refractivity contribution in [3.63, 3.8) is 0 Å². The zero-order valence-electron chi connectivity index (χ0n) is 15.3. The molecule has 1 aliphatic rings. The van der Waals surface area contributed by atoms with Crippen molar-refractivity contribution in [1.82, 2.24) is 0 Å². The molecule has 1 aliphatic heterocycles. The number of amides is 1. The van der Waals surface area contributed by atoms with Crippen molar-refractivity contribution in [3.8, 4) is 11.3 Å². The minimum atomic E-state index is -0.377. The highest BCUT2D eigenvalue weighted by molar-refractivity contribution is 6.36. The molecule has 1 aromatic heterocycles. The van der Waals surface area contributed by atoms with E-state index in [9.17, 15) is 4.79 Å². The van der Waals surface area contributed by atoms with Gasteiger partial charge in [-0.1, -0.05) is 40.9 Å². The second-order valence-corrected chi connectivity index (χ2v) is 7.73. The van der Waals surface area contributed by atoms with Crippen LogP contribution in [-0.4, -0.2) is 32.2 Å². The fraction of sp³-hybridized carbons (Fsp3) is 0.190. The summed E-state index contributed by atoms with van der Waals surface area (Å²) in [5.74, 6) is 0.272. The SMILES string of the molecule is O=C(Nc1cccc(Cl)c1N1CCOCC1)c1ccc(-c2ccc(Cl)cc2Cl)o1. The molecule has 0 bridgehead atoms. The van der Waals surface area contributed by atoms with Gasteiger partial charge in [-0.05, 0) is 42.5 Å². The predicted octanol–water partition coefficient (Wildman–Crippen LogP) is 6.00. The largest absolute Gasteiger partial charge is 0.451 e. The summed E-state index contributed by atoms with van der Waals surface area (Å²) < 4.78 is 11.1. The number of rotatable bonds is 4. The molecular formula is C21H17Cl3N2O3. The molecule has 5 nitrogen and oxygen atoms in total. The Kier molecular flexibility index (Phi) is 6.01. The van der Waals surface area contributed by atoms with Crippen molar-refractivity contribution < 1.29 is 13.9 Å². The van der Waals surface area contributed by atoms with Gasteiger partial charge in [0, 0.05) is 23.7 Å². The maximum atomic E-state index is 12.8. The molecule has 4 rings (SSSR count). The molecule has 29 heavy (non-hydrogen) atoms. The Morgan fingerprint density at radius 2 is 1.76 bits per heavy atom. The van der Waals surface area contributed by atoms with Gasteiger partial charge in [0.1, 0.15) is 5.76 Å². The van der Waals surface area contributed by atoms with Crippen LogP contribution in [0.25, 0.3) is 11.3 Å². The van der Waals surface area contributed by atoms with Gasteiger partial charge >= 0.3 is 0 Å². The third-order valence-electron chi connectivity index (χ3n) is 4.59. The molecule has 1 fully saturated rings. The highest BCUT2D eigenvalue weighted by Crippen LogP contribution is 2.35. The van der Waals surface area contributed by atoms with Gasteiger partial charge in [0.2, 0.25) is 0 Å². The van der Waals surface area contributed by atoms with E-state index in [4.69, 9.17) is 44.0 Å². The van der Waals surface area contributed by atoms with Crippen molar-refractivity contribution in [2.24, 2.45) is 0 Å². The summed E-state index contributed by atoms with van der Waals surface area (Å²) in [5, 5.41) is 4.44. The van der Waals surface area contributed by atoms with Crippen molar-refractivity contribution in [3.05, 3.63) is 69.4 Å². The molecule has 8 heteroatoms. The Balaban J connectivity index is 1.58. The van der Waals surface area contributed by atoms with Crippen LogP contribution in [0.2, 0.25) is 15.1 Å². The Bertz CT molecular complexity index is 1050. The first-order chi connectivity index (χ1) is 14.0. The van der Waals surface area contributed by atoms with Crippen LogP contribution in [0.3, 0.4) is 0 Å². The molecule has 1 N–H and O–H groups in total. The van der Waals surface area contributed by atoms with E-state index in [0.717, 1.165) is 5.69 Å². The molecule has 2 aromatic carbocycles. The van der Waals surface area contributed by atoms with Crippen LogP contribution in [0.1, 0.15) is 10.6 Å². The topological polar surface area (TPSA) is 54.7 Å². The molecule has 2 heterocycles. The third-order valence-corrected chi connectivity index (χ3v) is 5.44. The highest BCUT2D eigenvalue weighted by Gasteiger charge is 2.21. The predicted molar refractivity (Wildman–Crippen MR) is 117 cm³/mol. The van der Waals surface area contributed by atoms with E-state index < -0.39 is 0 Å². The van der Waals surface area contributed by atoms with Crippen LogP contribution >= 0.6 is 34.8 Å². The zero-order valence-corrected chi connectivity index (χ0v) is 17.5. The minimum absolute atomic E-state index is 0.166. The number of halogens is 3. The number of nitrogens with one attached hydrogen (secondary N) is 1. The van der Waals surface area contributed by atoms with Crippen molar-refractivity contribution in [2.45, 2.75) is 0 Å². The van der Waals surface area contributed by atoms with Gasteiger partial charge in [0.25, 0.3) is 5.91 Å². The summed E-state index contributed by atoms with van der Waals surface area (Å²) in [6, 6.07) is 13.8. The molecule has 0 spiro atoms. The zero-order chi connectivity index (χ0) is 20.4. The number of hydrogen-bond donors (Lipinski definition) is 1. The smallest absolute Gasteiger partial charge is 0.291 e. The molecule has 1 amide bonds. The van der Waals surface area contributed by atoms with Gasteiger partial charge in [-0.25, -0.2) is 0 Å². The first-order valence-corrected chi connectivity index (χ1v) is 10.1. The number of nitrogens with zero attached hydrogens (tertiary/aromatic N) is 1. The summed E-state index contributed by atoms with van der Waals surface area (Å²) >= 11 is 18.6. The van der Waals surface area contributed by atoms with E-state index in [0.29, 0.717) is 58.4 Å². The second kappa shape index (κ2) is 8.67. The van der Waals surface area contributed by atoms with E-state index >= 15 is 0 Å². The van der Waals surface area contributed by atoms with Gasteiger partial charge < -0.3 is 19.4 Å². The number of hydrogen-bond acceptors (Lipinski definition) is 4. The molecule has 0 radical (unpaired) electrons. The molecule has 150 valence electrons. The second-order valence-electron chi connectivity index (χ2n) is 6.48. The average molecular weight is 452 g/mol. The van der Waals surface area contributed by atoms with E-state index in [1.165, 1.54) is 0 Å². The number of morpholine rings is 1. The Morgan fingerprint density at radius 1 is 0.966 bits per heavy atom. The normalized spacial score (nSPS) is 14.1. The number of furan rings is 1. The number of carbonyl (C=O) groups is 1. The van der Waals surface area contributed by atoms with Gasteiger partial charge in [0.15, 0.2) is 5.76 Å². The summed E-state index contributed by atoms with van der Waals surface area (Å²) in [5.41, 5.74) is 2.05. The number of para-hydroxylation sites is 1. The Labute approximate surface area is 183 Å². The van der Waals surface area contributed by atoms with Crippen LogP contribution in [0.5, 0.6) is 0 Å². The summed E-state index contributed by atoms with van der Waals surface area (Å²) in [7, 11) is 0. The lowest BCUT2D eigenvalue weighted by Crippen LogP contribution is -2.37. The fourth-order valence-corrected chi connectivity index (χ4v) is 4.00. The number of ether oxygens (including phenoxy) is 1. The van der Waals surface area contributed by atoms with Crippen LogP contribution in [0, 0.1) is 0 Å². The molecule has 0 saturated carbocycles. The molecular weight excluding hydrogens is 435 g/mol. The molecule has 1 saturated heterocycles. The van der Waals surface area contributed by atoms with Crippen molar-refractivity contribution >= 4 is 52.1 Å². The Morgan fingerprint density at radius 3 is 2.52 bits per heavy atom. The van der Waals surface area contributed by atoms with Crippen LogP contribution < -0.4 is 10.2 Å². The van der Waals surface area contributed by atoms with Gasteiger partial charge in [-0.2, -0.15) is 0 Å². The van der Waals surface area contributed by atoms with E-state index in [1.54, 1.807) is 42.5 Å². The monoisotopic (exact) mass is 450 g/mol. The van der Waals surface area contributed by atoms with E-state index in [-0.39, 0.29) is 11.7 Å². The first kappa shape index (κ1) is 20.1. The molecule has 0 atom stereocenters. The van der Waals surface area contributed by atoms with Crippen molar-refractivity contribution in [1.29, 1.82) is 0 Å². The van der Waals surface area contributed by atoms with Gasteiger partial charge in [0.05, 0.1) is 34.6 Å². The number of carbonyl (C=O) groups excluding carboxylic acids is 1. The fourth-order valence-electron chi connectivity index (χ4n) is 3.20. The summed E-state index contributed by atoms with van der Waals surface area (Å²) in [4.78, 5) is 14.9. The quantitative estimate of drug-likeness (QED) is 0.529. The highest BCUT2D eigenvalue weighted by atomic mass is 35.5. The summed E-state index contributed by atoms with van der Waals surface area (Å²) in [6.45, 7) is 2.63. The molecule has 3 aromatic rings. The molecule has 0 unspecified atom stereocenters. The van der Waals surface area contributed by atoms with Gasteiger partial charge in [-0.15, -0.1) is 0 Å². The minimum Gasteiger partial charge on any atom is -0.451 e. The van der Waals surface area contributed by atoms with E-state index in [2.05, 4.69) is 10.2 Å². The van der Waals surface area contributed by atoms with E-state index in [1.807, 2.05) is 6.07 Å².